The number of nitrogens with one attached hydrogen (secondary N) is 1. The average molecular weight is 277 g/mol. The Morgan fingerprint density at radius 3 is 3.00 bits per heavy atom. The van der Waals surface area contributed by atoms with Crippen molar-refractivity contribution in [3.63, 3.8) is 0 Å². The first-order chi connectivity index (χ1) is 9.63. The number of urea groups is 1. The molecule has 1 saturated heterocycles. The van der Waals surface area contributed by atoms with E-state index in [1.807, 2.05) is 6.07 Å². The third-order valence-corrected chi connectivity index (χ3v) is 3.44. The summed E-state index contributed by atoms with van der Waals surface area (Å²) in [6, 6.07) is 5.76. The van der Waals surface area contributed by atoms with Crippen LogP contribution in [0.4, 0.5) is 9.18 Å². The van der Waals surface area contributed by atoms with E-state index in [1.54, 1.807) is 4.90 Å². The molecule has 1 unspecified atom stereocenters. The van der Waals surface area contributed by atoms with Gasteiger partial charge in [-0.15, -0.1) is 0 Å². The monoisotopic (exact) mass is 277 g/mol. The van der Waals surface area contributed by atoms with Crippen molar-refractivity contribution in [2.45, 2.75) is 13.0 Å². The van der Waals surface area contributed by atoms with Crippen LogP contribution in [-0.2, 0) is 6.54 Å². The third-order valence-electron chi connectivity index (χ3n) is 3.44. The number of amides is 2. The highest BCUT2D eigenvalue weighted by atomic mass is 19.1. The summed E-state index contributed by atoms with van der Waals surface area (Å²) in [5, 5.41) is 20.3. The molecule has 2 rings (SSSR count). The van der Waals surface area contributed by atoms with Gasteiger partial charge in [0, 0.05) is 37.7 Å². The Kier molecular flexibility index (Phi) is 4.53. The predicted molar refractivity (Wildman–Crippen MR) is 70.1 cm³/mol. The van der Waals surface area contributed by atoms with Crippen LogP contribution in [0.2, 0.25) is 0 Å². The minimum atomic E-state index is -0.501. The van der Waals surface area contributed by atoms with Crippen LogP contribution in [0.25, 0.3) is 0 Å². The SMILES string of the molecule is N#Cc1ccc(CNC(=O)N2CCC(CO)C2)c(F)c1. The second-order valence-electron chi connectivity index (χ2n) is 4.86. The molecule has 0 aliphatic carbocycles. The van der Waals surface area contributed by atoms with Gasteiger partial charge in [-0.2, -0.15) is 5.26 Å². The molecule has 20 heavy (non-hydrogen) atoms. The van der Waals surface area contributed by atoms with Crippen molar-refractivity contribution in [3.05, 3.63) is 35.1 Å². The summed E-state index contributed by atoms with van der Waals surface area (Å²) in [7, 11) is 0. The number of benzene rings is 1. The quantitative estimate of drug-likeness (QED) is 0.872. The summed E-state index contributed by atoms with van der Waals surface area (Å²) in [5.41, 5.74) is 0.596. The van der Waals surface area contributed by atoms with Crippen LogP contribution in [0.1, 0.15) is 17.5 Å². The van der Waals surface area contributed by atoms with E-state index in [-0.39, 0.29) is 30.7 Å². The number of likely N-dealkylation sites (tertiary alicyclic amines) is 1. The summed E-state index contributed by atoms with van der Waals surface area (Å²) in [4.78, 5) is 13.5. The summed E-state index contributed by atoms with van der Waals surface area (Å²) in [6.07, 6.45) is 0.787. The lowest BCUT2D eigenvalue weighted by molar-refractivity contribution is 0.198. The first-order valence-corrected chi connectivity index (χ1v) is 6.46. The van der Waals surface area contributed by atoms with Gasteiger partial charge in [-0.3, -0.25) is 0 Å². The van der Waals surface area contributed by atoms with Crippen LogP contribution in [0.15, 0.2) is 18.2 Å². The lowest BCUT2D eigenvalue weighted by Crippen LogP contribution is -2.38. The van der Waals surface area contributed by atoms with Crippen molar-refractivity contribution in [2.24, 2.45) is 5.92 Å². The first kappa shape index (κ1) is 14.3. The minimum Gasteiger partial charge on any atom is -0.396 e. The standard InChI is InChI=1S/C14H16FN3O2/c15-13-5-10(6-16)1-2-12(13)7-17-14(20)18-4-3-11(8-18)9-19/h1-2,5,11,19H,3-4,7-9H2,(H,17,20). The highest BCUT2D eigenvalue weighted by Gasteiger charge is 2.25. The van der Waals surface area contributed by atoms with Gasteiger partial charge in [-0.1, -0.05) is 6.07 Å². The maximum atomic E-state index is 13.6. The van der Waals surface area contributed by atoms with Crippen LogP contribution < -0.4 is 5.32 Å². The van der Waals surface area contributed by atoms with E-state index >= 15 is 0 Å². The molecule has 0 spiro atoms. The smallest absolute Gasteiger partial charge is 0.317 e. The molecule has 0 bridgehead atoms. The molecule has 1 aromatic rings. The van der Waals surface area contributed by atoms with Crippen LogP contribution in [0.5, 0.6) is 0 Å². The topological polar surface area (TPSA) is 76.4 Å². The number of nitriles is 1. The van der Waals surface area contributed by atoms with E-state index in [2.05, 4.69) is 5.32 Å². The average Bonchev–Trinajstić information content (AvgIpc) is 2.94. The molecule has 0 saturated carbocycles. The van der Waals surface area contributed by atoms with Gasteiger partial charge in [0.25, 0.3) is 0 Å². The molecule has 2 amide bonds. The summed E-state index contributed by atoms with van der Waals surface area (Å²) in [6.45, 7) is 1.29. The Labute approximate surface area is 116 Å². The normalized spacial score (nSPS) is 17.9. The Hall–Kier alpha value is -2.13. The molecule has 1 aliphatic rings. The molecule has 2 N–H and O–H groups in total. The molecular weight excluding hydrogens is 261 g/mol. The molecule has 1 aliphatic heterocycles. The van der Waals surface area contributed by atoms with E-state index in [0.717, 1.165) is 12.5 Å². The van der Waals surface area contributed by atoms with Gasteiger partial charge in [-0.25, -0.2) is 9.18 Å². The van der Waals surface area contributed by atoms with Gasteiger partial charge in [0.15, 0.2) is 0 Å². The maximum Gasteiger partial charge on any atom is 0.317 e. The first-order valence-electron chi connectivity index (χ1n) is 6.46. The van der Waals surface area contributed by atoms with Crippen LogP contribution in [-0.4, -0.2) is 35.7 Å². The highest BCUT2D eigenvalue weighted by molar-refractivity contribution is 5.74. The lowest BCUT2D eigenvalue weighted by Gasteiger charge is -2.17. The molecule has 0 aromatic heterocycles. The van der Waals surface area contributed by atoms with Crippen molar-refractivity contribution in [1.29, 1.82) is 5.26 Å². The number of hydrogen-bond acceptors (Lipinski definition) is 3. The Balaban J connectivity index is 1.89. The number of aliphatic hydroxyl groups is 1. The zero-order valence-electron chi connectivity index (χ0n) is 11.0. The van der Waals surface area contributed by atoms with Gasteiger partial charge < -0.3 is 15.3 Å². The molecule has 0 radical (unpaired) electrons. The van der Waals surface area contributed by atoms with Crippen LogP contribution >= 0.6 is 0 Å². The molecular formula is C14H16FN3O2. The predicted octanol–water partition coefficient (Wildman–Crippen LogP) is 1.22. The van der Waals surface area contributed by atoms with E-state index < -0.39 is 5.82 Å². The largest absolute Gasteiger partial charge is 0.396 e. The number of carbonyl (C=O) groups excluding carboxylic acids is 1. The molecule has 1 heterocycles. The number of rotatable bonds is 3. The molecule has 1 atom stereocenters. The van der Waals surface area contributed by atoms with Crippen LogP contribution in [0, 0.1) is 23.1 Å². The van der Waals surface area contributed by atoms with E-state index in [1.165, 1.54) is 12.1 Å². The van der Waals surface area contributed by atoms with Gasteiger partial charge in [0.05, 0.1) is 11.6 Å². The highest BCUT2D eigenvalue weighted by Crippen LogP contribution is 2.15. The Morgan fingerprint density at radius 1 is 1.60 bits per heavy atom. The molecule has 106 valence electrons. The second kappa shape index (κ2) is 6.35. The van der Waals surface area contributed by atoms with Crippen molar-refractivity contribution in [3.8, 4) is 6.07 Å². The number of halogens is 1. The zero-order chi connectivity index (χ0) is 14.5. The second-order valence-corrected chi connectivity index (χ2v) is 4.86. The molecule has 1 aromatic carbocycles. The molecule has 6 heteroatoms. The molecule has 5 nitrogen and oxygen atoms in total. The lowest BCUT2D eigenvalue weighted by atomic mass is 10.1. The minimum absolute atomic E-state index is 0.0774. The van der Waals surface area contributed by atoms with Crippen molar-refractivity contribution < 1.29 is 14.3 Å². The third kappa shape index (κ3) is 3.25. The van der Waals surface area contributed by atoms with Gasteiger partial charge in [0.1, 0.15) is 5.82 Å². The van der Waals surface area contributed by atoms with Crippen molar-refractivity contribution >= 4 is 6.03 Å². The maximum absolute atomic E-state index is 13.6. The van der Waals surface area contributed by atoms with Gasteiger partial charge in [0.2, 0.25) is 0 Å². The number of carbonyl (C=O) groups is 1. The summed E-state index contributed by atoms with van der Waals surface area (Å²) in [5.74, 6) is -0.369. The number of aliphatic hydroxyl groups excluding tert-OH is 1. The number of nitrogens with zero attached hydrogens (tertiary/aromatic N) is 2. The molecule has 1 fully saturated rings. The Bertz CT molecular complexity index is 542. The van der Waals surface area contributed by atoms with Crippen molar-refractivity contribution in [2.75, 3.05) is 19.7 Å². The fourth-order valence-corrected chi connectivity index (χ4v) is 2.21. The van der Waals surface area contributed by atoms with Crippen LogP contribution in [0.3, 0.4) is 0 Å². The van der Waals surface area contributed by atoms with E-state index in [4.69, 9.17) is 10.4 Å². The van der Waals surface area contributed by atoms with Crippen molar-refractivity contribution in [1.82, 2.24) is 10.2 Å². The zero-order valence-corrected chi connectivity index (χ0v) is 11.0. The summed E-state index contributed by atoms with van der Waals surface area (Å²) < 4.78 is 13.6. The van der Waals surface area contributed by atoms with E-state index in [9.17, 15) is 9.18 Å². The van der Waals surface area contributed by atoms with Gasteiger partial charge in [-0.05, 0) is 18.6 Å². The summed E-state index contributed by atoms with van der Waals surface area (Å²) >= 11 is 0. The number of hydrogen-bond donors (Lipinski definition) is 2. The fraction of sp³-hybridized carbons (Fsp3) is 0.429. The fourth-order valence-electron chi connectivity index (χ4n) is 2.21. The van der Waals surface area contributed by atoms with Gasteiger partial charge >= 0.3 is 6.03 Å². The van der Waals surface area contributed by atoms with E-state index in [0.29, 0.717) is 18.7 Å². The Morgan fingerprint density at radius 2 is 2.40 bits per heavy atom.